The summed E-state index contributed by atoms with van der Waals surface area (Å²) in [5, 5.41) is 4.57. The normalized spacial score (nSPS) is 28.5. The Balaban J connectivity index is 1.76. The van der Waals surface area contributed by atoms with Gasteiger partial charge in [-0.3, -0.25) is 9.48 Å². The van der Waals surface area contributed by atoms with E-state index in [1.165, 1.54) is 19.3 Å². The third kappa shape index (κ3) is 2.18. The monoisotopic (exact) mass is 324 g/mol. The average Bonchev–Trinajstić information content (AvgIpc) is 2.77. The van der Waals surface area contributed by atoms with Crippen LogP contribution in [-0.4, -0.2) is 15.6 Å². The summed E-state index contributed by atoms with van der Waals surface area (Å²) in [6, 6.07) is 0. The zero-order chi connectivity index (χ0) is 13.6. The fourth-order valence-electron chi connectivity index (χ4n) is 3.77. The fourth-order valence-corrected chi connectivity index (χ4v) is 4.47. The summed E-state index contributed by atoms with van der Waals surface area (Å²) in [6.07, 6.45) is 5.34. The number of halogens is 1. The highest BCUT2D eigenvalue weighted by Crippen LogP contribution is 2.58. The first kappa shape index (κ1) is 13.3. The average molecular weight is 325 g/mol. The van der Waals surface area contributed by atoms with Crippen LogP contribution in [0, 0.1) is 17.8 Å². The lowest BCUT2D eigenvalue weighted by Crippen LogP contribution is -2.13. The molecule has 0 N–H and O–H groups in total. The van der Waals surface area contributed by atoms with Crippen molar-refractivity contribution >= 4 is 21.7 Å². The molecule has 0 aliphatic heterocycles. The second-order valence-electron chi connectivity index (χ2n) is 5.80. The highest BCUT2D eigenvalue weighted by Gasteiger charge is 2.55. The number of nitrogens with zero attached hydrogens (tertiary/aromatic N) is 2. The Hall–Kier alpha value is -0.640. The first-order valence-electron chi connectivity index (χ1n) is 7.44. The van der Waals surface area contributed by atoms with E-state index in [0.717, 1.165) is 40.7 Å². The topological polar surface area (TPSA) is 34.9 Å². The Morgan fingerprint density at radius 2 is 2.05 bits per heavy atom. The van der Waals surface area contributed by atoms with Gasteiger partial charge in [0.05, 0.1) is 15.9 Å². The Bertz CT molecular complexity index is 498. The Kier molecular flexibility index (Phi) is 3.54. The number of hydrogen-bond acceptors (Lipinski definition) is 2. The van der Waals surface area contributed by atoms with Crippen molar-refractivity contribution in [2.45, 2.75) is 52.5 Å². The van der Waals surface area contributed by atoms with E-state index in [4.69, 9.17) is 0 Å². The molecule has 2 aliphatic carbocycles. The maximum atomic E-state index is 12.4. The summed E-state index contributed by atoms with van der Waals surface area (Å²) in [6.45, 7) is 5.02. The number of carbonyl (C=O) groups is 1. The second-order valence-corrected chi connectivity index (χ2v) is 6.60. The number of hydrogen-bond donors (Lipinski definition) is 0. The molecular weight excluding hydrogens is 304 g/mol. The Labute approximate surface area is 122 Å². The van der Waals surface area contributed by atoms with Crippen molar-refractivity contribution in [2.24, 2.45) is 17.8 Å². The minimum atomic E-state index is 0.367. The van der Waals surface area contributed by atoms with E-state index in [1.54, 1.807) is 0 Å². The molecule has 0 bridgehead atoms. The molecule has 2 unspecified atom stereocenters. The van der Waals surface area contributed by atoms with Crippen molar-refractivity contribution in [1.82, 2.24) is 9.78 Å². The molecule has 0 amide bonds. The van der Waals surface area contributed by atoms with Crippen LogP contribution in [0.15, 0.2) is 4.47 Å². The number of ketones is 1. The van der Waals surface area contributed by atoms with Gasteiger partial charge >= 0.3 is 0 Å². The minimum absolute atomic E-state index is 0.367. The van der Waals surface area contributed by atoms with Gasteiger partial charge in [0, 0.05) is 18.9 Å². The van der Waals surface area contributed by atoms with E-state index in [0.29, 0.717) is 18.1 Å². The molecule has 2 saturated carbocycles. The van der Waals surface area contributed by atoms with Gasteiger partial charge in [-0.25, -0.2) is 0 Å². The minimum Gasteiger partial charge on any atom is -0.299 e. The van der Waals surface area contributed by atoms with Crippen LogP contribution in [0.2, 0.25) is 0 Å². The standard InChI is InChI=1S/C15H21BrN2O/c1-3-11-15(16)12(18(4-2)17-11)8-13(19)14-9-6-5-7-10(9)14/h9-10,14H,3-8H2,1-2H3. The number of Topliss-reactive ketones (excluding diaryl/α,β-unsaturated/α-hetero) is 1. The van der Waals surface area contributed by atoms with Gasteiger partial charge in [-0.2, -0.15) is 5.10 Å². The summed E-state index contributed by atoms with van der Waals surface area (Å²) >= 11 is 3.63. The number of carbonyl (C=O) groups excluding carboxylic acids is 1. The molecule has 3 rings (SSSR count). The lowest BCUT2D eigenvalue weighted by Gasteiger charge is -2.06. The molecule has 0 aromatic carbocycles. The molecule has 1 aromatic heterocycles. The number of aromatic nitrogens is 2. The van der Waals surface area contributed by atoms with Gasteiger partial charge in [-0.15, -0.1) is 0 Å². The van der Waals surface area contributed by atoms with Gasteiger partial charge < -0.3 is 0 Å². The number of aryl methyl sites for hydroxylation is 2. The van der Waals surface area contributed by atoms with Crippen molar-refractivity contribution in [2.75, 3.05) is 0 Å². The predicted molar refractivity (Wildman–Crippen MR) is 78.0 cm³/mol. The first-order chi connectivity index (χ1) is 9.17. The van der Waals surface area contributed by atoms with E-state index >= 15 is 0 Å². The van der Waals surface area contributed by atoms with E-state index in [-0.39, 0.29) is 0 Å². The van der Waals surface area contributed by atoms with Crippen LogP contribution < -0.4 is 0 Å². The lowest BCUT2D eigenvalue weighted by molar-refractivity contribution is -0.120. The molecule has 0 spiro atoms. The van der Waals surface area contributed by atoms with Crippen LogP contribution in [-0.2, 0) is 24.2 Å². The highest BCUT2D eigenvalue weighted by atomic mass is 79.9. The van der Waals surface area contributed by atoms with Crippen molar-refractivity contribution in [3.05, 3.63) is 15.9 Å². The molecule has 19 heavy (non-hydrogen) atoms. The number of fused-ring (bicyclic) bond motifs is 1. The molecule has 104 valence electrons. The molecule has 2 fully saturated rings. The zero-order valence-corrected chi connectivity index (χ0v) is 13.2. The Morgan fingerprint density at radius 1 is 1.37 bits per heavy atom. The van der Waals surface area contributed by atoms with Gasteiger partial charge in [0.25, 0.3) is 0 Å². The third-order valence-electron chi connectivity index (χ3n) is 4.81. The SMILES string of the molecule is CCc1nn(CC)c(CC(=O)C2C3CCCC32)c1Br. The van der Waals surface area contributed by atoms with Crippen LogP contribution in [0.3, 0.4) is 0 Å². The summed E-state index contributed by atoms with van der Waals surface area (Å²) in [4.78, 5) is 12.4. The maximum absolute atomic E-state index is 12.4. The molecule has 1 heterocycles. The molecule has 0 saturated heterocycles. The van der Waals surface area contributed by atoms with Gasteiger partial charge in [-0.1, -0.05) is 13.3 Å². The van der Waals surface area contributed by atoms with Gasteiger partial charge in [0.1, 0.15) is 5.78 Å². The quantitative estimate of drug-likeness (QED) is 0.832. The lowest BCUT2D eigenvalue weighted by atomic mass is 10.0. The summed E-state index contributed by atoms with van der Waals surface area (Å²) in [5.74, 6) is 2.24. The van der Waals surface area contributed by atoms with Crippen molar-refractivity contribution in [3.8, 4) is 0 Å². The Morgan fingerprint density at radius 3 is 2.63 bits per heavy atom. The van der Waals surface area contributed by atoms with E-state index in [2.05, 4.69) is 34.9 Å². The summed E-state index contributed by atoms with van der Waals surface area (Å²) in [5.41, 5.74) is 2.15. The van der Waals surface area contributed by atoms with Crippen molar-refractivity contribution in [1.29, 1.82) is 0 Å². The van der Waals surface area contributed by atoms with Crippen LogP contribution in [0.25, 0.3) is 0 Å². The van der Waals surface area contributed by atoms with Gasteiger partial charge in [0.2, 0.25) is 0 Å². The molecule has 2 aliphatic rings. The zero-order valence-electron chi connectivity index (χ0n) is 11.7. The largest absolute Gasteiger partial charge is 0.299 e. The van der Waals surface area contributed by atoms with E-state index in [1.807, 2.05) is 4.68 Å². The molecule has 2 atom stereocenters. The third-order valence-corrected chi connectivity index (χ3v) is 5.73. The number of rotatable bonds is 5. The predicted octanol–water partition coefficient (Wildman–Crippen LogP) is 3.39. The molecule has 4 heteroatoms. The molecule has 0 radical (unpaired) electrons. The summed E-state index contributed by atoms with van der Waals surface area (Å²) in [7, 11) is 0. The van der Waals surface area contributed by atoms with Crippen LogP contribution in [0.5, 0.6) is 0 Å². The van der Waals surface area contributed by atoms with Crippen LogP contribution in [0.1, 0.15) is 44.5 Å². The fraction of sp³-hybridized carbons (Fsp3) is 0.733. The van der Waals surface area contributed by atoms with Gasteiger partial charge in [-0.05, 0) is 54.0 Å². The van der Waals surface area contributed by atoms with E-state index in [9.17, 15) is 4.79 Å². The first-order valence-corrected chi connectivity index (χ1v) is 8.23. The molecular formula is C15H21BrN2O. The smallest absolute Gasteiger partial charge is 0.142 e. The maximum Gasteiger partial charge on any atom is 0.142 e. The van der Waals surface area contributed by atoms with Crippen LogP contribution in [0.4, 0.5) is 0 Å². The van der Waals surface area contributed by atoms with Crippen LogP contribution >= 0.6 is 15.9 Å². The van der Waals surface area contributed by atoms with E-state index < -0.39 is 0 Å². The van der Waals surface area contributed by atoms with Crippen molar-refractivity contribution < 1.29 is 4.79 Å². The molecule has 1 aromatic rings. The van der Waals surface area contributed by atoms with Gasteiger partial charge in [0.15, 0.2) is 0 Å². The highest BCUT2D eigenvalue weighted by molar-refractivity contribution is 9.10. The molecule has 3 nitrogen and oxygen atoms in total. The van der Waals surface area contributed by atoms with Crippen molar-refractivity contribution in [3.63, 3.8) is 0 Å². The second kappa shape index (κ2) is 5.04. The summed E-state index contributed by atoms with van der Waals surface area (Å²) < 4.78 is 3.04.